The Balaban J connectivity index is 2.09. The van der Waals surface area contributed by atoms with E-state index in [4.69, 9.17) is 11.6 Å². The van der Waals surface area contributed by atoms with Crippen LogP contribution in [0.3, 0.4) is 0 Å². The van der Waals surface area contributed by atoms with Gasteiger partial charge in [0.15, 0.2) is 0 Å². The van der Waals surface area contributed by atoms with Crippen LogP contribution in [0.5, 0.6) is 0 Å². The molecule has 5 nitrogen and oxygen atoms in total. The number of piperidine rings is 1. The summed E-state index contributed by atoms with van der Waals surface area (Å²) in [6, 6.07) is 0. The van der Waals surface area contributed by atoms with Crippen molar-refractivity contribution in [3.63, 3.8) is 0 Å². The average molecular weight is 306 g/mol. The molecule has 7 heteroatoms. The van der Waals surface area contributed by atoms with E-state index in [0.717, 1.165) is 19.3 Å². The summed E-state index contributed by atoms with van der Waals surface area (Å²) in [5.41, 5.74) is 0. The van der Waals surface area contributed by atoms with Gasteiger partial charge in [-0.05, 0) is 18.8 Å². The minimum Gasteiger partial charge on any atom is -0.270 e. The Hall–Kier alpha value is -0.590. The molecule has 0 spiro atoms. The van der Waals surface area contributed by atoms with Gasteiger partial charge in [0.05, 0.1) is 12.7 Å². The van der Waals surface area contributed by atoms with Crippen LogP contribution >= 0.6 is 11.6 Å². The lowest BCUT2D eigenvalue weighted by Crippen LogP contribution is -2.38. The smallest absolute Gasteiger partial charge is 0.246 e. The molecule has 1 aromatic rings. The highest BCUT2D eigenvalue weighted by Gasteiger charge is 2.29. The molecule has 0 unspecified atom stereocenters. The van der Waals surface area contributed by atoms with Gasteiger partial charge < -0.3 is 0 Å². The first kappa shape index (κ1) is 14.8. The van der Waals surface area contributed by atoms with Gasteiger partial charge in [-0.1, -0.05) is 13.3 Å². The third kappa shape index (κ3) is 3.30. The summed E-state index contributed by atoms with van der Waals surface area (Å²) in [6.07, 6.45) is 6.00. The summed E-state index contributed by atoms with van der Waals surface area (Å²) in [5.74, 6) is 1.08. The summed E-state index contributed by atoms with van der Waals surface area (Å²) in [7, 11) is -3.38. The highest BCUT2D eigenvalue weighted by molar-refractivity contribution is 7.89. The standard InChI is InChI=1S/C12H20ClN3O2S/c1-2-11-3-6-16(7-4-11)19(17,18)12-9-14-15(10-12)8-5-13/h9-11H,2-8H2,1H3. The molecule has 0 N–H and O–H groups in total. The Morgan fingerprint density at radius 2 is 2.11 bits per heavy atom. The third-order valence-corrected chi connectivity index (χ3v) is 5.73. The van der Waals surface area contributed by atoms with Gasteiger partial charge in [0.25, 0.3) is 0 Å². The summed E-state index contributed by atoms with van der Waals surface area (Å²) < 4.78 is 28.0. The maximum atomic E-state index is 12.4. The number of halogens is 1. The molecule has 0 aliphatic carbocycles. The summed E-state index contributed by atoms with van der Waals surface area (Å²) in [4.78, 5) is 0.271. The van der Waals surface area contributed by atoms with E-state index < -0.39 is 10.0 Å². The molecule has 19 heavy (non-hydrogen) atoms. The fourth-order valence-corrected chi connectivity index (χ4v) is 3.99. The van der Waals surface area contributed by atoms with E-state index >= 15 is 0 Å². The number of aromatic nitrogens is 2. The van der Waals surface area contributed by atoms with Crippen molar-refractivity contribution >= 4 is 21.6 Å². The average Bonchev–Trinajstić information content (AvgIpc) is 2.89. The fourth-order valence-electron chi connectivity index (χ4n) is 2.39. The Morgan fingerprint density at radius 3 is 2.68 bits per heavy atom. The second kappa shape index (κ2) is 6.24. The van der Waals surface area contributed by atoms with Gasteiger partial charge in [-0.15, -0.1) is 11.6 Å². The maximum Gasteiger partial charge on any atom is 0.246 e. The quantitative estimate of drug-likeness (QED) is 0.781. The number of sulfonamides is 1. The Labute approximate surface area is 119 Å². The molecular weight excluding hydrogens is 286 g/mol. The van der Waals surface area contributed by atoms with Crippen LogP contribution in [0.1, 0.15) is 26.2 Å². The van der Waals surface area contributed by atoms with Gasteiger partial charge >= 0.3 is 0 Å². The summed E-state index contributed by atoms with van der Waals surface area (Å²) in [5, 5.41) is 4.02. The van der Waals surface area contributed by atoms with Crippen LogP contribution < -0.4 is 0 Å². The molecule has 108 valence electrons. The molecule has 2 rings (SSSR count). The lowest BCUT2D eigenvalue weighted by atomic mass is 9.96. The molecule has 2 heterocycles. The molecule has 0 saturated carbocycles. The van der Waals surface area contributed by atoms with E-state index in [2.05, 4.69) is 12.0 Å². The Morgan fingerprint density at radius 1 is 1.42 bits per heavy atom. The summed E-state index contributed by atoms with van der Waals surface area (Å²) in [6.45, 7) is 3.91. The van der Waals surface area contributed by atoms with Crippen LogP contribution in [-0.4, -0.2) is 41.5 Å². The molecular formula is C12H20ClN3O2S. The zero-order chi connectivity index (χ0) is 13.9. The first-order chi connectivity index (χ1) is 9.07. The van der Waals surface area contributed by atoms with Crippen molar-refractivity contribution in [2.45, 2.75) is 37.6 Å². The van der Waals surface area contributed by atoms with Crippen LogP contribution in [-0.2, 0) is 16.6 Å². The number of nitrogens with zero attached hydrogens (tertiary/aromatic N) is 3. The lowest BCUT2D eigenvalue weighted by molar-refractivity contribution is 0.269. The minimum atomic E-state index is -3.38. The van der Waals surface area contributed by atoms with Crippen molar-refractivity contribution in [2.24, 2.45) is 5.92 Å². The second-order valence-electron chi connectivity index (χ2n) is 4.88. The van der Waals surface area contributed by atoms with Gasteiger partial charge in [0, 0.05) is 25.2 Å². The van der Waals surface area contributed by atoms with Crippen LogP contribution in [0.25, 0.3) is 0 Å². The number of aryl methyl sites for hydroxylation is 1. The van der Waals surface area contributed by atoms with Gasteiger partial charge in [-0.25, -0.2) is 8.42 Å². The highest BCUT2D eigenvalue weighted by atomic mass is 35.5. The fraction of sp³-hybridized carbons (Fsp3) is 0.750. The molecule has 1 aromatic heterocycles. The second-order valence-corrected chi connectivity index (χ2v) is 7.20. The largest absolute Gasteiger partial charge is 0.270 e. The van der Waals surface area contributed by atoms with Crippen LogP contribution in [0.2, 0.25) is 0 Å². The summed E-state index contributed by atoms with van der Waals surface area (Å²) >= 11 is 5.62. The number of hydrogen-bond acceptors (Lipinski definition) is 3. The van der Waals surface area contributed by atoms with Gasteiger partial charge in [-0.3, -0.25) is 4.68 Å². The number of alkyl halides is 1. The molecule has 0 aromatic carbocycles. The molecule has 0 atom stereocenters. The van der Waals surface area contributed by atoms with E-state index in [-0.39, 0.29) is 4.90 Å². The first-order valence-corrected chi connectivity index (χ1v) is 8.64. The van der Waals surface area contributed by atoms with Gasteiger partial charge in [0.1, 0.15) is 4.90 Å². The SMILES string of the molecule is CCC1CCN(S(=O)(=O)c2cnn(CCCl)c2)CC1. The Kier molecular flexibility index (Phi) is 4.86. The van der Waals surface area contributed by atoms with Crippen molar-refractivity contribution in [1.29, 1.82) is 0 Å². The molecule has 1 aliphatic heterocycles. The monoisotopic (exact) mass is 305 g/mol. The lowest BCUT2D eigenvalue weighted by Gasteiger charge is -2.30. The van der Waals surface area contributed by atoms with Gasteiger partial charge in [-0.2, -0.15) is 9.40 Å². The predicted molar refractivity (Wildman–Crippen MR) is 74.7 cm³/mol. The zero-order valence-electron chi connectivity index (χ0n) is 11.1. The topological polar surface area (TPSA) is 55.2 Å². The van der Waals surface area contributed by atoms with Crippen molar-refractivity contribution in [2.75, 3.05) is 19.0 Å². The number of rotatable bonds is 5. The van der Waals surface area contributed by atoms with Crippen LogP contribution in [0, 0.1) is 5.92 Å². The molecule has 1 aliphatic rings. The van der Waals surface area contributed by atoms with Gasteiger partial charge in [0.2, 0.25) is 10.0 Å². The van der Waals surface area contributed by atoms with E-state index in [1.54, 1.807) is 15.2 Å². The van der Waals surface area contributed by atoms with Crippen molar-refractivity contribution in [1.82, 2.24) is 14.1 Å². The van der Waals surface area contributed by atoms with Crippen molar-refractivity contribution in [3.8, 4) is 0 Å². The first-order valence-electron chi connectivity index (χ1n) is 6.66. The highest BCUT2D eigenvalue weighted by Crippen LogP contribution is 2.25. The number of hydrogen-bond donors (Lipinski definition) is 0. The van der Waals surface area contributed by atoms with E-state index in [9.17, 15) is 8.42 Å². The van der Waals surface area contributed by atoms with Crippen molar-refractivity contribution < 1.29 is 8.42 Å². The predicted octanol–water partition coefficient (Wildman–Crippen LogP) is 1.93. The van der Waals surface area contributed by atoms with E-state index in [1.807, 2.05) is 0 Å². The van der Waals surface area contributed by atoms with Crippen LogP contribution in [0.4, 0.5) is 0 Å². The molecule has 0 amide bonds. The zero-order valence-corrected chi connectivity index (χ0v) is 12.7. The third-order valence-electron chi connectivity index (χ3n) is 3.71. The molecule has 1 fully saturated rings. The molecule has 1 saturated heterocycles. The molecule has 0 bridgehead atoms. The van der Waals surface area contributed by atoms with E-state index in [0.29, 0.717) is 31.4 Å². The van der Waals surface area contributed by atoms with Crippen LogP contribution in [0.15, 0.2) is 17.3 Å². The van der Waals surface area contributed by atoms with Crippen molar-refractivity contribution in [3.05, 3.63) is 12.4 Å². The normalized spacial score (nSPS) is 18.8. The Bertz CT molecular complexity index is 507. The maximum absolute atomic E-state index is 12.4. The minimum absolute atomic E-state index is 0.271. The molecule has 0 radical (unpaired) electrons. The van der Waals surface area contributed by atoms with E-state index in [1.165, 1.54) is 6.20 Å².